The number of esters is 1. The SMILES string of the molecule is CCOC(=O)/C(=C/c1ccccc1OC)N=P(C=CP(c1ccccc1)c1ccccc1)(c1ccccc1)c1ccccc1. The van der Waals surface area contributed by atoms with E-state index in [1.165, 1.54) is 10.6 Å². The van der Waals surface area contributed by atoms with E-state index in [-0.39, 0.29) is 12.3 Å². The number of ether oxygens (including phenoxy) is 2. The number of hydrogen-bond acceptors (Lipinski definition) is 4. The molecule has 0 heterocycles. The third-order valence-corrected chi connectivity index (χ3v) is 12.7. The number of benzene rings is 5. The van der Waals surface area contributed by atoms with Crippen LogP contribution in [-0.2, 0) is 9.53 Å². The monoisotopic (exact) mass is 615 g/mol. The van der Waals surface area contributed by atoms with Gasteiger partial charge in [-0.3, -0.25) is 0 Å². The summed E-state index contributed by atoms with van der Waals surface area (Å²) in [7, 11) is -1.98. The van der Waals surface area contributed by atoms with Crippen molar-refractivity contribution in [1.82, 2.24) is 0 Å². The van der Waals surface area contributed by atoms with Crippen LogP contribution in [0.3, 0.4) is 0 Å². The first-order valence-corrected chi connectivity index (χ1v) is 17.7. The predicted molar refractivity (Wildman–Crippen MR) is 187 cm³/mol. The summed E-state index contributed by atoms with van der Waals surface area (Å²) in [4.78, 5) is 13.6. The maximum atomic E-state index is 13.6. The number of rotatable bonds is 11. The molecule has 0 unspecified atom stereocenters. The van der Waals surface area contributed by atoms with Crippen LogP contribution in [0, 0.1) is 0 Å². The van der Waals surface area contributed by atoms with Crippen molar-refractivity contribution in [2.24, 2.45) is 4.74 Å². The Hall–Kier alpha value is -4.49. The highest BCUT2D eigenvalue weighted by Gasteiger charge is 2.26. The van der Waals surface area contributed by atoms with Gasteiger partial charge < -0.3 is 9.47 Å². The Bertz CT molecular complexity index is 1690. The molecule has 0 aliphatic rings. The van der Waals surface area contributed by atoms with Gasteiger partial charge in [-0.1, -0.05) is 140 Å². The van der Waals surface area contributed by atoms with Gasteiger partial charge in [0.2, 0.25) is 0 Å². The van der Waals surface area contributed by atoms with Gasteiger partial charge in [0, 0.05) is 16.2 Å². The molecule has 0 spiro atoms. The third-order valence-electron chi connectivity index (χ3n) is 6.98. The molecule has 220 valence electrons. The number of carbonyl (C=O) groups excluding carboxylic acids is 1. The minimum atomic E-state index is -2.74. The molecule has 0 amide bonds. The minimum absolute atomic E-state index is 0.239. The van der Waals surface area contributed by atoms with Crippen LogP contribution in [0.15, 0.2) is 168 Å². The van der Waals surface area contributed by atoms with E-state index in [1.807, 2.05) is 79.7 Å². The Kier molecular flexibility index (Phi) is 10.8. The van der Waals surface area contributed by atoms with Crippen molar-refractivity contribution in [2.45, 2.75) is 6.92 Å². The van der Waals surface area contributed by atoms with Gasteiger partial charge in [0.15, 0.2) is 0 Å². The molecule has 6 heteroatoms. The van der Waals surface area contributed by atoms with Gasteiger partial charge in [0.1, 0.15) is 11.4 Å². The van der Waals surface area contributed by atoms with Crippen molar-refractivity contribution in [1.29, 1.82) is 0 Å². The van der Waals surface area contributed by atoms with Crippen molar-refractivity contribution in [3.8, 4) is 5.75 Å². The number of para-hydroxylation sites is 1. The number of nitrogens with zero attached hydrogens (tertiary/aromatic N) is 1. The van der Waals surface area contributed by atoms with Gasteiger partial charge in [0.25, 0.3) is 0 Å². The molecule has 5 rings (SSSR count). The smallest absolute Gasteiger partial charge is 0.356 e. The van der Waals surface area contributed by atoms with Crippen LogP contribution < -0.4 is 26.0 Å². The van der Waals surface area contributed by atoms with E-state index < -0.39 is 20.9 Å². The molecule has 0 saturated heterocycles. The summed E-state index contributed by atoms with van der Waals surface area (Å²) in [5.74, 6) is 4.75. The van der Waals surface area contributed by atoms with E-state index >= 15 is 0 Å². The Morgan fingerprint density at radius 1 is 0.705 bits per heavy atom. The van der Waals surface area contributed by atoms with E-state index in [2.05, 4.69) is 84.4 Å². The Labute approximate surface area is 261 Å². The average Bonchev–Trinajstić information content (AvgIpc) is 3.09. The van der Waals surface area contributed by atoms with Gasteiger partial charge in [-0.15, -0.1) is 0 Å². The van der Waals surface area contributed by atoms with Crippen LogP contribution in [0.5, 0.6) is 5.75 Å². The largest absolute Gasteiger partial charge is 0.496 e. The van der Waals surface area contributed by atoms with Gasteiger partial charge in [-0.05, 0) is 49.2 Å². The van der Waals surface area contributed by atoms with E-state index in [1.54, 1.807) is 13.2 Å². The summed E-state index contributed by atoms with van der Waals surface area (Å²) in [6, 6.07) is 49.3. The highest BCUT2D eigenvalue weighted by atomic mass is 31.2. The van der Waals surface area contributed by atoms with Crippen LogP contribution in [0.25, 0.3) is 6.08 Å². The molecule has 44 heavy (non-hydrogen) atoms. The van der Waals surface area contributed by atoms with Gasteiger partial charge in [-0.2, -0.15) is 0 Å². The van der Waals surface area contributed by atoms with Crippen LogP contribution in [0.1, 0.15) is 12.5 Å². The summed E-state index contributed by atoms with van der Waals surface area (Å²) in [5, 5.41) is 4.54. The topological polar surface area (TPSA) is 47.9 Å². The molecule has 4 nitrogen and oxygen atoms in total. The number of carbonyl (C=O) groups is 1. The molecular formula is C38H35NO3P2. The van der Waals surface area contributed by atoms with E-state index in [0.717, 1.165) is 16.2 Å². The summed E-state index contributed by atoms with van der Waals surface area (Å²) in [6.07, 6.45) is 1.78. The van der Waals surface area contributed by atoms with Gasteiger partial charge >= 0.3 is 5.97 Å². The minimum Gasteiger partial charge on any atom is -0.496 e. The predicted octanol–water partition coefficient (Wildman–Crippen LogP) is 8.06. The highest BCUT2D eigenvalue weighted by molar-refractivity contribution is 7.84. The molecule has 0 aliphatic heterocycles. The zero-order valence-electron chi connectivity index (χ0n) is 24.9. The molecule has 5 aromatic carbocycles. The normalized spacial score (nSPS) is 11.8. The Balaban J connectivity index is 1.83. The van der Waals surface area contributed by atoms with Crippen LogP contribution in [0.4, 0.5) is 0 Å². The second-order valence-corrected chi connectivity index (χ2v) is 14.8. The summed E-state index contributed by atoms with van der Waals surface area (Å²) < 4.78 is 16.7. The third kappa shape index (κ3) is 7.34. The van der Waals surface area contributed by atoms with Crippen LogP contribution >= 0.6 is 15.0 Å². The average molecular weight is 616 g/mol. The molecular weight excluding hydrogens is 580 g/mol. The quantitative estimate of drug-likeness (QED) is 0.0858. The lowest BCUT2D eigenvalue weighted by Gasteiger charge is -2.25. The fourth-order valence-electron chi connectivity index (χ4n) is 4.88. The van der Waals surface area contributed by atoms with Crippen molar-refractivity contribution >= 4 is 48.2 Å². The van der Waals surface area contributed by atoms with Gasteiger partial charge in [-0.25, -0.2) is 9.54 Å². The highest BCUT2D eigenvalue weighted by Crippen LogP contribution is 2.53. The molecule has 0 aliphatic carbocycles. The standard InChI is InChI=1S/C38H35NO3P2/c1-3-42-38(40)36(30-31-18-16-17-27-37(31)41-2)39-44(34-23-12-6-13-24-34,35-25-14-7-15-26-35)29-28-43(32-19-8-4-9-20-32)33-21-10-5-11-22-33/h4-30H,3H2,1-2H3/b29-28?,36-30-. The Morgan fingerprint density at radius 2 is 1.18 bits per heavy atom. The van der Waals surface area contributed by atoms with Crippen molar-refractivity contribution in [3.63, 3.8) is 0 Å². The lowest BCUT2D eigenvalue weighted by atomic mass is 10.1. The second kappa shape index (κ2) is 15.3. The Morgan fingerprint density at radius 3 is 1.68 bits per heavy atom. The molecule has 0 radical (unpaired) electrons. The zero-order valence-corrected chi connectivity index (χ0v) is 26.7. The molecule has 0 bridgehead atoms. The van der Waals surface area contributed by atoms with Gasteiger partial charge in [0.05, 0.1) is 20.8 Å². The van der Waals surface area contributed by atoms with Crippen molar-refractivity contribution in [2.75, 3.05) is 13.7 Å². The maximum Gasteiger partial charge on any atom is 0.356 e. The van der Waals surface area contributed by atoms with E-state index in [9.17, 15) is 4.79 Å². The van der Waals surface area contributed by atoms with Crippen molar-refractivity contribution < 1.29 is 14.3 Å². The fraction of sp³-hybridized carbons (Fsp3) is 0.0789. The van der Waals surface area contributed by atoms with Crippen LogP contribution in [0.2, 0.25) is 0 Å². The molecule has 0 atom stereocenters. The summed E-state index contributed by atoms with van der Waals surface area (Å²) in [6.45, 7) is 2.05. The van der Waals surface area contributed by atoms with Crippen LogP contribution in [-0.4, -0.2) is 19.7 Å². The summed E-state index contributed by atoms with van der Waals surface area (Å²) in [5.41, 5.74) is 0.992. The molecule has 0 aromatic heterocycles. The first-order valence-electron chi connectivity index (χ1n) is 14.5. The second-order valence-electron chi connectivity index (χ2n) is 9.79. The van der Waals surface area contributed by atoms with E-state index in [0.29, 0.717) is 5.75 Å². The first-order chi connectivity index (χ1) is 21.6. The molecule has 0 N–H and O–H groups in total. The molecule has 0 fully saturated rings. The molecule has 0 saturated carbocycles. The van der Waals surface area contributed by atoms with Crippen molar-refractivity contribution in [3.05, 3.63) is 168 Å². The number of methoxy groups -OCH3 is 1. The van der Waals surface area contributed by atoms with E-state index in [4.69, 9.17) is 14.2 Å². The first kappa shape index (κ1) is 31.0. The lowest BCUT2D eigenvalue weighted by Crippen LogP contribution is -2.17. The summed E-state index contributed by atoms with van der Waals surface area (Å²) >= 11 is 0. The fourth-order valence-corrected chi connectivity index (χ4v) is 10.5. The zero-order chi connectivity index (χ0) is 30.6. The molecule has 5 aromatic rings. The number of hydrogen-bond donors (Lipinski definition) is 0. The lowest BCUT2D eigenvalue weighted by molar-refractivity contribution is -0.138. The maximum absolute atomic E-state index is 13.6.